The van der Waals surface area contributed by atoms with Crippen LogP contribution >= 0.6 is 0 Å². The molecule has 0 radical (unpaired) electrons. The van der Waals surface area contributed by atoms with Crippen LogP contribution in [0.5, 0.6) is 0 Å². The van der Waals surface area contributed by atoms with E-state index < -0.39 is 0 Å². The molecule has 2 heteroatoms. The zero-order chi connectivity index (χ0) is 10.7. The van der Waals surface area contributed by atoms with Crippen LogP contribution in [0.1, 0.15) is 33.3 Å². The largest absolute Gasteiger partial charge is 0.373 e. The molecule has 1 rings (SSSR count). The number of aryl methyl sites for hydroxylation is 1. The molecular weight excluding hydrogens is 160 g/mol. The Balaban J connectivity index is 0. The van der Waals surface area contributed by atoms with Crippen molar-refractivity contribution in [2.45, 2.75) is 34.6 Å². The second-order valence-electron chi connectivity index (χ2n) is 1.92. The molecule has 0 aromatic carbocycles. The molecular formula is C11H22N2. The van der Waals surface area contributed by atoms with Crippen molar-refractivity contribution in [3.8, 4) is 0 Å². The minimum atomic E-state index is 0.956. The van der Waals surface area contributed by atoms with Gasteiger partial charge in [-0.2, -0.15) is 0 Å². The van der Waals surface area contributed by atoms with E-state index in [4.69, 9.17) is 0 Å². The molecule has 0 spiro atoms. The first-order valence-electron chi connectivity index (χ1n) is 4.94. The zero-order valence-electron chi connectivity index (χ0n) is 9.68. The Bertz CT molecular complexity index is 197. The van der Waals surface area contributed by atoms with E-state index in [1.807, 2.05) is 53.8 Å². The van der Waals surface area contributed by atoms with Crippen molar-refractivity contribution in [2.75, 3.05) is 12.4 Å². The Kier molecular flexibility index (Phi) is 12.2. The van der Waals surface area contributed by atoms with E-state index in [1.165, 1.54) is 5.56 Å². The van der Waals surface area contributed by atoms with Gasteiger partial charge < -0.3 is 5.32 Å². The van der Waals surface area contributed by atoms with E-state index in [-0.39, 0.29) is 0 Å². The lowest BCUT2D eigenvalue weighted by atomic mass is 10.3. The molecule has 0 saturated heterocycles. The number of hydrogen-bond acceptors (Lipinski definition) is 2. The summed E-state index contributed by atoms with van der Waals surface area (Å²) in [6.07, 6.45) is 1.78. The highest BCUT2D eigenvalue weighted by Gasteiger charge is 1.90. The second kappa shape index (κ2) is 11.0. The number of nitrogens with zero attached hydrogens (tertiary/aromatic N) is 1. The van der Waals surface area contributed by atoms with Crippen LogP contribution in [-0.4, -0.2) is 12.0 Å². The van der Waals surface area contributed by atoms with Gasteiger partial charge in [-0.3, -0.25) is 0 Å². The molecule has 0 fully saturated rings. The number of aromatic nitrogens is 1. The summed E-state index contributed by atoms with van der Waals surface area (Å²) in [5, 5.41) is 2.98. The van der Waals surface area contributed by atoms with Gasteiger partial charge in [-0.15, -0.1) is 0 Å². The Labute approximate surface area is 82.4 Å². The molecule has 1 aromatic rings. The fourth-order valence-electron chi connectivity index (χ4n) is 0.747. The molecule has 0 amide bonds. The maximum atomic E-state index is 4.09. The fourth-order valence-corrected chi connectivity index (χ4v) is 0.747. The monoisotopic (exact) mass is 182 g/mol. The Morgan fingerprint density at radius 3 is 2.00 bits per heavy atom. The number of nitrogens with one attached hydrogen (secondary N) is 1. The Hall–Kier alpha value is -1.05. The first kappa shape index (κ1) is 14.5. The first-order chi connectivity index (χ1) is 6.34. The molecule has 0 bridgehead atoms. The molecule has 0 aliphatic heterocycles. The summed E-state index contributed by atoms with van der Waals surface area (Å²) in [4.78, 5) is 4.09. The molecule has 2 nitrogen and oxygen atoms in total. The van der Waals surface area contributed by atoms with Gasteiger partial charge in [0.1, 0.15) is 5.82 Å². The van der Waals surface area contributed by atoms with E-state index in [9.17, 15) is 0 Å². The van der Waals surface area contributed by atoms with Gasteiger partial charge in [-0.05, 0) is 18.6 Å². The van der Waals surface area contributed by atoms with Crippen molar-refractivity contribution in [1.82, 2.24) is 4.98 Å². The summed E-state index contributed by atoms with van der Waals surface area (Å²) in [6.45, 7) is 10.0. The van der Waals surface area contributed by atoms with Gasteiger partial charge in [0, 0.05) is 13.2 Å². The SMILES string of the molecule is CC.CC.CNc1ncccc1C. The number of pyridine rings is 1. The Morgan fingerprint density at radius 1 is 1.15 bits per heavy atom. The summed E-state index contributed by atoms with van der Waals surface area (Å²) >= 11 is 0. The van der Waals surface area contributed by atoms with Gasteiger partial charge in [0.2, 0.25) is 0 Å². The van der Waals surface area contributed by atoms with Crippen molar-refractivity contribution in [2.24, 2.45) is 0 Å². The van der Waals surface area contributed by atoms with Gasteiger partial charge >= 0.3 is 0 Å². The smallest absolute Gasteiger partial charge is 0.128 e. The van der Waals surface area contributed by atoms with E-state index in [2.05, 4.69) is 10.3 Å². The van der Waals surface area contributed by atoms with Crippen molar-refractivity contribution < 1.29 is 0 Å². The summed E-state index contributed by atoms with van der Waals surface area (Å²) in [5.74, 6) is 0.956. The highest BCUT2D eigenvalue weighted by molar-refractivity contribution is 5.41. The predicted molar refractivity (Wildman–Crippen MR) is 61.2 cm³/mol. The number of rotatable bonds is 1. The van der Waals surface area contributed by atoms with Gasteiger partial charge in [-0.1, -0.05) is 33.8 Å². The van der Waals surface area contributed by atoms with Crippen LogP contribution < -0.4 is 5.32 Å². The molecule has 0 saturated carbocycles. The fraction of sp³-hybridized carbons (Fsp3) is 0.545. The van der Waals surface area contributed by atoms with Crippen LogP contribution in [0, 0.1) is 6.92 Å². The van der Waals surface area contributed by atoms with E-state index in [0.717, 1.165) is 5.82 Å². The van der Waals surface area contributed by atoms with Crippen LogP contribution in [0.15, 0.2) is 18.3 Å². The number of anilines is 1. The minimum absolute atomic E-state index is 0.956. The molecule has 0 unspecified atom stereocenters. The average Bonchev–Trinajstić information content (AvgIpc) is 2.24. The van der Waals surface area contributed by atoms with E-state index in [0.29, 0.717) is 0 Å². The van der Waals surface area contributed by atoms with Crippen molar-refractivity contribution in [3.63, 3.8) is 0 Å². The first-order valence-corrected chi connectivity index (χ1v) is 4.94. The summed E-state index contributed by atoms with van der Waals surface area (Å²) in [7, 11) is 1.87. The normalized spacial score (nSPS) is 7.23. The van der Waals surface area contributed by atoms with E-state index in [1.54, 1.807) is 6.20 Å². The third kappa shape index (κ3) is 6.14. The minimum Gasteiger partial charge on any atom is -0.373 e. The highest BCUT2D eigenvalue weighted by Crippen LogP contribution is 2.06. The molecule has 13 heavy (non-hydrogen) atoms. The van der Waals surface area contributed by atoms with Gasteiger partial charge in [0.05, 0.1) is 0 Å². The highest BCUT2D eigenvalue weighted by atomic mass is 14.9. The van der Waals surface area contributed by atoms with Crippen LogP contribution in [-0.2, 0) is 0 Å². The summed E-state index contributed by atoms with van der Waals surface area (Å²) in [5.41, 5.74) is 1.18. The summed E-state index contributed by atoms with van der Waals surface area (Å²) < 4.78 is 0. The third-order valence-corrected chi connectivity index (χ3v) is 1.25. The topological polar surface area (TPSA) is 24.9 Å². The number of hydrogen-bond donors (Lipinski definition) is 1. The van der Waals surface area contributed by atoms with Crippen molar-refractivity contribution >= 4 is 5.82 Å². The van der Waals surface area contributed by atoms with E-state index >= 15 is 0 Å². The van der Waals surface area contributed by atoms with Crippen LogP contribution in [0.4, 0.5) is 5.82 Å². The molecule has 1 aromatic heterocycles. The molecule has 0 aliphatic rings. The third-order valence-electron chi connectivity index (χ3n) is 1.25. The molecule has 1 heterocycles. The maximum absolute atomic E-state index is 4.09. The lowest BCUT2D eigenvalue weighted by Crippen LogP contribution is -1.93. The van der Waals surface area contributed by atoms with Gasteiger partial charge in [-0.25, -0.2) is 4.98 Å². The lowest BCUT2D eigenvalue weighted by Gasteiger charge is -1.99. The quantitative estimate of drug-likeness (QED) is 0.719. The maximum Gasteiger partial charge on any atom is 0.128 e. The molecule has 0 atom stereocenters. The van der Waals surface area contributed by atoms with Crippen molar-refractivity contribution in [1.29, 1.82) is 0 Å². The average molecular weight is 182 g/mol. The van der Waals surface area contributed by atoms with Crippen LogP contribution in [0.2, 0.25) is 0 Å². The molecule has 76 valence electrons. The predicted octanol–water partition coefficient (Wildman–Crippen LogP) is 3.48. The van der Waals surface area contributed by atoms with Gasteiger partial charge in [0.25, 0.3) is 0 Å². The lowest BCUT2D eigenvalue weighted by molar-refractivity contribution is 1.24. The second-order valence-corrected chi connectivity index (χ2v) is 1.92. The van der Waals surface area contributed by atoms with Gasteiger partial charge in [0.15, 0.2) is 0 Å². The molecule has 0 aliphatic carbocycles. The summed E-state index contributed by atoms with van der Waals surface area (Å²) in [6, 6.07) is 3.95. The van der Waals surface area contributed by atoms with Crippen LogP contribution in [0.25, 0.3) is 0 Å². The zero-order valence-corrected chi connectivity index (χ0v) is 9.68. The standard InChI is InChI=1S/C7H10N2.2C2H6/c1-6-4-3-5-9-7(6)8-2;2*1-2/h3-5H,1-2H3,(H,8,9);2*1-2H3. The van der Waals surface area contributed by atoms with Crippen molar-refractivity contribution in [3.05, 3.63) is 23.9 Å². The molecule has 1 N–H and O–H groups in total. The Morgan fingerprint density at radius 2 is 1.69 bits per heavy atom. The van der Waals surface area contributed by atoms with Crippen LogP contribution in [0.3, 0.4) is 0 Å².